The van der Waals surface area contributed by atoms with Crippen molar-refractivity contribution < 1.29 is 53.3 Å². The maximum atomic E-state index is 14.6. The average molecular weight is 732 g/mol. The van der Waals surface area contributed by atoms with Crippen molar-refractivity contribution in [3.63, 3.8) is 0 Å². The molecule has 1 aromatic carbocycles. The van der Waals surface area contributed by atoms with Gasteiger partial charge in [-0.15, -0.1) is 0 Å². The molecule has 7 N–H and O–H groups in total. The zero-order valence-electron chi connectivity index (χ0n) is 31.9. The van der Waals surface area contributed by atoms with Crippen LogP contribution in [0.5, 0.6) is 0 Å². The van der Waals surface area contributed by atoms with E-state index in [1.54, 1.807) is 27.7 Å². The second kappa shape index (κ2) is 17.5. The van der Waals surface area contributed by atoms with Crippen LogP contribution < -0.4 is 10.6 Å². The van der Waals surface area contributed by atoms with Gasteiger partial charge >= 0.3 is 5.97 Å². The van der Waals surface area contributed by atoms with Crippen LogP contribution in [0.1, 0.15) is 80.2 Å². The summed E-state index contributed by atoms with van der Waals surface area (Å²) in [7, 11) is 3.66. The number of nitrogens with one attached hydrogen (secondary N) is 2. The normalized spacial score (nSPS) is 42.2. The minimum absolute atomic E-state index is 0.00705. The van der Waals surface area contributed by atoms with Crippen LogP contribution in [-0.2, 0) is 25.5 Å². The molecule has 14 heteroatoms. The largest absolute Gasteiger partial charge is 0.459 e. The topological polar surface area (TPSA) is 173 Å². The van der Waals surface area contributed by atoms with Gasteiger partial charge in [0.05, 0.1) is 29.3 Å². The molecule has 1 unspecified atom stereocenters. The zero-order valence-corrected chi connectivity index (χ0v) is 31.9. The number of carbonyl (C=O) groups is 1. The summed E-state index contributed by atoms with van der Waals surface area (Å²) in [6, 6.07) is 2.03. The second-order valence-corrected chi connectivity index (χ2v) is 15.8. The molecule has 0 bridgehead atoms. The molecular weight excluding hydrogens is 668 g/mol. The number of benzene rings is 1. The molecule has 51 heavy (non-hydrogen) atoms. The quantitative estimate of drug-likeness (QED) is 0.195. The predicted molar refractivity (Wildman–Crippen MR) is 187 cm³/mol. The van der Waals surface area contributed by atoms with Crippen LogP contribution >= 0.6 is 0 Å². The first-order valence-corrected chi connectivity index (χ1v) is 18.2. The summed E-state index contributed by atoms with van der Waals surface area (Å²) < 4.78 is 47.1. The lowest BCUT2D eigenvalue weighted by Crippen LogP contribution is -2.64. The molecule has 14 atom stereocenters. The van der Waals surface area contributed by atoms with Crippen molar-refractivity contribution in [1.82, 2.24) is 15.5 Å². The van der Waals surface area contributed by atoms with E-state index in [0.717, 1.165) is 18.2 Å². The minimum atomic E-state index is -2.10. The molecule has 0 radical (unpaired) electrons. The Balaban J connectivity index is 2.14. The minimum Gasteiger partial charge on any atom is -0.459 e. The fourth-order valence-electron chi connectivity index (χ4n) is 7.80. The first-order valence-electron chi connectivity index (χ1n) is 18.2. The van der Waals surface area contributed by atoms with Gasteiger partial charge in [-0.1, -0.05) is 20.8 Å². The summed E-state index contributed by atoms with van der Waals surface area (Å²) in [6.07, 6.45) is -5.70. The van der Waals surface area contributed by atoms with E-state index in [9.17, 15) is 39.1 Å². The van der Waals surface area contributed by atoms with Gasteiger partial charge in [-0.05, 0) is 98.6 Å². The number of carbonyl (C=O) groups excluding carboxylic acids is 1. The SMILES string of the molecule is CC[C@H]1OC(=O)C(C)[C@@](O)(CNCc2cc(F)ccc2F)[C@H](C)[C@@H](O[C@@H]2O[C@H](C)C[C@H](N(C)C)[C@H]2O)[C@@](C)(O)C[C@@H](C)CN[C@H](C)[C@@H](O)[C@]1(C)O. The molecule has 3 rings (SSSR count). The van der Waals surface area contributed by atoms with E-state index in [2.05, 4.69) is 10.6 Å². The van der Waals surface area contributed by atoms with Crippen molar-refractivity contribution in [2.24, 2.45) is 17.8 Å². The molecule has 2 aliphatic heterocycles. The van der Waals surface area contributed by atoms with Gasteiger partial charge in [0.2, 0.25) is 0 Å². The Labute approximate surface area is 301 Å². The fraction of sp³-hybridized carbons (Fsp3) is 0.811. The van der Waals surface area contributed by atoms with Gasteiger partial charge in [0, 0.05) is 36.7 Å². The molecule has 2 saturated heterocycles. The van der Waals surface area contributed by atoms with Gasteiger partial charge in [-0.3, -0.25) is 4.79 Å². The highest BCUT2D eigenvalue weighted by atomic mass is 19.1. The summed E-state index contributed by atoms with van der Waals surface area (Å²) >= 11 is 0. The Morgan fingerprint density at radius 2 is 1.73 bits per heavy atom. The average Bonchev–Trinajstić information content (AvgIpc) is 3.05. The van der Waals surface area contributed by atoms with Crippen LogP contribution in [0.4, 0.5) is 8.78 Å². The lowest BCUT2D eigenvalue weighted by Gasteiger charge is -2.49. The maximum absolute atomic E-state index is 14.6. The van der Waals surface area contributed by atoms with Crippen LogP contribution in [0.3, 0.4) is 0 Å². The van der Waals surface area contributed by atoms with Gasteiger partial charge < -0.3 is 55.3 Å². The van der Waals surface area contributed by atoms with Crippen molar-refractivity contribution in [1.29, 1.82) is 0 Å². The Kier molecular flexibility index (Phi) is 15.0. The molecular formula is C37H63F2N3O9. The van der Waals surface area contributed by atoms with Gasteiger partial charge in [-0.2, -0.15) is 0 Å². The summed E-state index contributed by atoms with van der Waals surface area (Å²) in [4.78, 5) is 15.9. The molecule has 2 aliphatic rings. The van der Waals surface area contributed by atoms with Crippen LogP contribution in [0.25, 0.3) is 0 Å². The van der Waals surface area contributed by atoms with Crippen LogP contribution in [0.2, 0.25) is 0 Å². The van der Waals surface area contributed by atoms with Gasteiger partial charge in [0.25, 0.3) is 0 Å². The molecule has 2 heterocycles. The number of esters is 1. The van der Waals surface area contributed by atoms with Crippen LogP contribution in [0.15, 0.2) is 18.2 Å². The van der Waals surface area contributed by atoms with Crippen molar-refractivity contribution in [3.05, 3.63) is 35.4 Å². The van der Waals surface area contributed by atoms with Gasteiger partial charge in [-0.25, -0.2) is 8.78 Å². The van der Waals surface area contributed by atoms with Crippen LogP contribution in [-0.4, -0.2) is 129 Å². The number of hydrogen-bond acceptors (Lipinski definition) is 12. The monoisotopic (exact) mass is 731 g/mol. The third kappa shape index (κ3) is 10.2. The number of hydrogen-bond donors (Lipinski definition) is 7. The van der Waals surface area contributed by atoms with Crippen molar-refractivity contribution >= 4 is 5.97 Å². The number of halogens is 2. The first-order chi connectivity index (χ1) is 23.6. The third-order valence-corrected chi connectivity index (χ3v) is 11.2. The van der Waals surface area contributed by atoms with E-state index in [1.807, 2.05) is 32.8 Å². The molecule has 0 spiro atoms. The third-order valence-electron chi connectivity index (χ3n) is 11.2. The Bertz CT molecular complexity index is 1290. The summed E-state index contributed by atoms with van der Waals surface area (Å²) in [5, 5.41) is 65.4. The Morgan fingerprint density at radius 1 is 1.08 bits per heavy atom. The highest BCUT2D eigenvalue weighted by Gasteiger charge is 2.54. The predicted octanol–water partition coefficient (Wildman–Crippen LogP) is 2.07. The standard InChI is InChI=1S/C37H63F2N3O9/c1-11-29-36(8,47)31(44)24(6)41-17-20(2)16-35(7,46)32(51-34-30(43)28(42(9)10)14-21(3)49-34)22(4)37(48,23(5)33(45)50-29)19-40-18-25-15-26(38)12-13-27(25)39/h12-13,15,20-24,28-32,34,40-41,43-44,46-48H,11,14,16-19H2,1-10H3/t20-,21-,22-,23?,24-,28+,29-,30-,31-,32-,34+,35+,36-,37-/m1/s1. The molecule has 2 fully saturated rings. The van der Waals surface area contributed by atoms with Gasteiger partial charge in [0.15, 0.2) is 6.29 Å². The van der Waals surface area contributed by atoms with Gasteiger partial charge in [0.1, 0.15) is 35.5 Å². The zero-order chi connectivity index (χ0) is 38.6. The molecule has 12 nitrogen and oxygen atoms in total. The highest BCUT2D eigenvalue weighted by molar-refractivity contribution is 5.74. The lowest BCUT2D eigenvalue weighted by molar-refractivity contribution is -0.304. The summed E-state index contributed by atoms with van der Waals surface area (Å²) in [5.74, 6) is -4.91. The van der Waals surface area contributed by atoms with E-state index in [-0.39, 0.29) is 49.6 Å². The van der Waals surface area contributed by atoms with E-state index in [4.69, 9.17) is 14.2 Å². The summed E-state index contributed by atoms with van der Waals surface area (Å²) in [6.45, 7) is 12.8. The molecule has 294 valence electrons. The molecule has 0 aliphatic carbocycles. The second-order valence-electron chi connectivity index (χ2n) is 15.8. The van der Waals surface area contributed by atoms with E-state index in [1.165, 1.54) is 13.8 Å². The number of aliphatic hydroxyl groups excluding tert-OH is 2. The maximum Gasteiger partial charge on any atom is 0.312 e. The number of aliphatic hydroxyl groups is 5. The number of rotatable bonds is 8. The van der Waals surface area contributed by atoms with Crippen LogP contribution in [0, 0.1) is 29.4 Å². The number of nitrogens with zero attached hydrogens (tertiary/aromatic N) is 1. The van der Waals surface area contributed by atoms with E-state index < -0.39 is 83.0 Å². The Hall–Kier alpha value is -1.85. The summed E-state index contributed by atoms with van der Waals surface area (Å²) in [5.41, 5.74) is -5.70. The fourth-order valence-corrected chi connectivity index (χ4v) is 7.80. The van der Waals surface area contributed by atoms with E-state index in [0.29, 0.717) is 13.0 Å². The highest BCUT2D eigenvalue weighted by Crippen LogP contribution is 2.40. The molecule has 0 saturated carbocycles. The number of ether oxygens (including phenoxy) is 3. The lowest BCUT2D eigenvalue weighted by atomic mass is 9.70. The number of likely N-dealkylation sites (N-methyl/N-ethyl adjacent to an activating group) is 1. The molecule has 0 aromatic heterocycles. The molecule has 1 aromatic rings. The van der Waals surface area contributed by atoms with Crippen molar-refractivity contribution in [2.75, 3.05) is 27.2 Å². The molecule has 0 amide bonds. The first kappa shape index (κ1) is 43.6. The smallest absolute Gasteiger partial charge is 0.312 e. The number of cyclic esters (lactones) is 1. The Morgan fingerprint density at radius 3 is 2.33 bits per heavy atom. The van der Waals surface area contributed by atoms with E-state index >= 15 is 0 Å². The van der Waals surface area contributed by atoms with Crippen molar-refractivity contribution in [3.8, 4) is 0 Å². The van der Waals surface area contributed by atoms with Crippen molar-refractivity contribution in [2.45, 2.75) is 147 Å².